The fourth-order valence-electron chi connectivity index (χ4n) is 1.63. The van der Waals surface area contributed by atoms with Gasteiger partial charge in [-0.05, 0) is 19.1 Å². The second kappa shape index (κ2) is 4.55. The molecular formula is C12H14N2O3. The zero-order valence-electron chi connectivity index (χ0n) is 9.98. The molecule has 2 aromatic rings. The number of para-hydroxylation sites is 1. The van der Waals surface area contributed by atoms with Crippen LogP contribution in [0.1, 0.15) is 29.2 Å². The van der Waals surface area contributed by atoms with Gasteiger partial charge in [0, 0.05) is 7.11 Å². The first-order chi connectivity index (χ1) is 8.17. The van der Waals surface area contributed by atoms with E-state index in [1.54, 1.807) is 19.2 Å². The normalized spacial score (nSPS) is 12.6. The second-order valence-corrected chi connectivity index (χ2v) is 3.69. The highest BCUT2D eigenvalue weighted by Crippen LogP contribution is 2.21. The average Bonchev–Trinajstić information content (AvgIpc) is 2.80. The molecule has 5 nitrogen and oxygen atoms in total. The number of esters is 1. The maximum absolute atomic E-state index is 11.6. The standard InChI is InChI=1S/C12H14N2O3/c1-7(16-2)11-13-9-6-4-5-8(10(9)14-11)12(15)17-3/h4-7H,1-3H3,(H,13,14). The lowest BCUT2D eigenvalue weighted by Crippen LogP contribution is -2.02. The Hall–Kier alpha value is -1.88. The molecule has 1 aromatic carbocycles. The minimum Gasteiger partial charge on any atom is -0.465 e. The highest BCUT2D eigenvalue weighted by molar-refractivity contribution is 6.01. The maximum atomic E-state index is 11.6. The Morgan fingerprint density at radius 3 is 2.82 bits per heavy atom. The topological polar surface area (TPSA) is 64.2 Å². The van der Waals surface area contributed by atoms with Crippen LogP contribution in [0.25, 0.3) is 11.0 Å². The number of carbonyl (C=O) groups excluding carboxylic acids is 1. The van der Waals surface area contributed by atoms with Gasteiger partial charge < -0.3 is 14.5 Å². The number of rotatable bonds is 3. The molecule has 0 saturated carbocycles. The Morgan fingerprint density at radius 1 is 1.41 bits per heavy atom. The number of nitrogens with zero attached hydrogens (tertiary/aromatic N) is 1. The molecule has 5 heteroatoms. The Bertz CT molecular complexity index is 548. The predicted octanol–water partition coefficient (Wildman–Crippen LogP) is 2.06. The number of aromatic amines is 1. The minimum absolute atomic E-state index is 0.145. The summed E-state index contributed by atoms with van der Waals surface area (Å²) in [6.07, 6.45) is -0.145. The molecule has 1 unspecified atom stereocenters. The monoisotopic (exact) mass is 234 g/mol. The molecule has 2 rings (SSSR count). The molecule has 0 aliphatic rings. The highest BCUT2D eigenvalue weighted by Gasteiger charge is 2.16. The number of ether oxygens (including phenoxy) is 2. The summed E-state index contributed by atoms with van der Waals surface area (Å²) in [5.74, 6) is 0.303. The maximum Gasteiger partial charge on any atom is 0.340 e. The van der Waals surface area contributed by atoms with Crippen LogP contribution in [0.3, 0.4) is 0 Å². The number of imidazole rings is 1. The van der Waals surface area contributed by atoms with Crippen molar-refractivity contribution in [1.82, 2.24) is 9.97 Å². The molecule has 0 spiro atoms. The highest BCUT2D eigenvalue weighted by atomic mass is 16.5. The zero-order valence-corrected chi connectivity index (χ0v) is 9.98. The summed E-state index contributed by atoms with van der Waals surface area (Å²) in [6, 6.07) is 5.34. The Labute approximate surface area is 98.8 Å². The summed E-state index contributed by atoms with van der Waals surface area (Å²) in [5, 5.41) is 0. The van der Waals surface area contributed by atoms with Crippen LogP contribution in [0.15, 0.2) is 18.2 Å². The predicted molar refractivity (Wildman–Crippen MR) is 62.9 cm³/mol. The van der Waals surface area contributed by atoms with E-state index in [1.165, 1.54) is 7.11 Å². The van der Waals surface area contributed by atoms with Crippen LogP contribution in [0.4, 0.5) is 0 Å². The van der Waals surface area contributed by atoms with Gasteiger partial charge in [0.1, 0.15) is 17.4 Å². The molecule has 0 amide bonds. The van der Waals surface area contributed by atoms with Crippen LogP contribution in [0, 0.1) is 0 Å². The van der Waals surface area contributed by atoms with Crippen LogP contribution < -0.4 is 0 Å². The van der Waals surface area contributed by atoms with Gasteiger partial charge in [-0.1, -0.05) is 6.07 Å². The molecule has 90 valence electrons. The lowest BCUT2D eigenvalue weighted by molar-refractivity contribution is 0.0602. The van der Waals surface area contributed by atoms with E-state index in [-0.39, 0.29) is 6.10 Å². The minimum atomic E-state index is -0.390. The molecule has 0 aliphatic heterocycles. The van der Waals surface area contributed by atoms with Crippen LogP contribution in [0.2, 0.25) is 0 Å². The molecule has 0 radical (unpaired) electrons. The smallest absolute Gasteiger partial charge is 0.340 e. The van der Waals surface area contributed by atoms with E-state index >= 15 is 0 Å². The number of hydrogen-bond donors (Lipinski definition) is 1. The lowest BCUT2D eigenvalue weighted by atomic mass is 10.2. The van der Waals surface area contributed by atoms with Gasteiger partial charge in [0.05, 0.1) is 18.2 Å². The van der Waals surface area contributed by atoms with Crippen LogP contribution in [-0.4, -0.2) is 30.2 Å². The molecule has 0 saturated heterocycles. The van der Waals surface area contributed by atoms with Crippen molar-refractivity contribution >= 4 is 17.0 Å². The first-order valence-electron chi connectivity index (χ1n) is 5.27. The van der Waals surface area contributed by atoms with E-state index < -0.39 is 5.97 Å². The van der Waals surface area contributed by atoms with E-state index in [4.69, 9.17) is 9.47 Å². The molecule has 1 atom stereocenters. The molecule has 1 aromatic heterocycles. The summed E-state index contributed by atoms with van der Waals surface area (Å²) in [5.41, 5.74) is 1.86. The number of aromatic nitrogens is 2. The van der Waals surface area contributed by atoms with Crippen molar-refractivity contribution in [2.75, 3.05) is 14.2 Å². The fourth-order valence-corrected chi connectivity index (χ4v) is 1.63. The third kappa shape index (κ3) is 2.01. The first kappa shape index (κ1) is 11.6. The molecule has 17 heavy (non-hydrogen) atoms. The lowest BCUT2D eigenvalue weighted by Gasteiger charge is -2.03. The summed E-state index contributed by atoms with van der Waals surface area (Å²) in [7, 11) is 2.96. The van der Waals surface area contributed by atoms with Crippen molar-refractivity contribution in [3.63, 3.8) is 0 Å². The largest absolute Gasteiger partial charge is 0.465 e. The number of fused-ring (bicyclic) bond motifs is 1. The van der Waals surface area contributed by atoms with Crippen LogP contribution in [-0.2, 0) is 9.47 Å². The fraction of sp³-hybridized carbons (Fsp3) is 0.333. The van der Waals surface area contributed by atoms with E-state index in [0.717, 1.165) is 5.52 Å². The second-order valence-electron chi connectivity index (χ2n) is 3.69. The molecular weight excluding hydrogens is 220 g/mol. The van der Waals surface area contributed by atoms with Gasteiger partial charge >= 0.3 is 5.97 Å². The molecule has 1 heterocycles. The van der Waals surface area contributed by atoms with Crippen molar-refractivity contribution in [2.45, 2.75) is 13.0 Å². The Morgan fingerprint density at radius 2 is 2.18 bits per heavy atom. The Balaban J connectivity index is 2.56. The van der Waals surface area contributed by atoms with Gasteiger partial charge in [-0.3, -0.25) is 0 Å². The van der Waals surface area contributed by atoms with Gasteiger partial charge in [-0.15, -0.1) is 0 Å². The molecule has 0 aliphatic carbocycles. The van der Waals surface area contributed by atoms with Crippen molar-refractivity contribution in [3.05, 3.63) is 29.6 Å². The zero-order chi connectivity index (χ0) is 12.4. The third-order valence-electron chi connectivity index (χ3n) is 2.67. The summed E-state index contributed by atoms with van der Waals surface area (Å²) >= 11 is 0. The molecule has 0 fully saturated rings. The number of hydrogen-bond acceptors (Lipinski definition) is 4. The number of nitrogens with one attached hydrogen (secondary N) is 1. The molecule has 0 bridgehead atoms. The number of benzene rings is 1. The first-order valence-corrected chi connectivity index (χ1v) is 5.27. The Kier molecular flexibility index (Phi) is 3.10. The number of carbonyl (C=O) groups is 1. The van der Waals surface area contributed by atoms with Gasteiger partial charge in [-0.2, -0.15) is 0 Å². The summed E-state index contributed by atoms with van der Waals surface area (Å²) < 4.78 is 9.90. The van der Waals surface area contributed by atoms with E-state index in [2.05, 4.69) is 9.97 Å². The van der Waals surface area contributed by atoms with Crippen molar-refractivity contribution in [2.24, 2.45) is 0 Å². The van der Waals surface area contributed by atoms with Gasteiger partial charge in [0.2, 0.25) is 0 Å². The van der Waals surface area contributed by atoms with Gasteiger partial charge in [-0.25, -0.2) is 9.78 Å². The van der Waals surface area contributed by atoms with Gasteiger partial charge in [0.15, 0.2) is 0 Å². The average molecular weight is 234 g/mol. The van der Waals surface area contributed by atoms with E-state index in [9.17, 15) is 4.79 Å². The van der Waals surface area contributed by atoms with Gasteiger partial charge in [0.25, 0.3) is 0 Å². The van der Waals surface area contributed by atoms with Crippen LogP contribution in [0.5, 0.6) is 0 Å². The van der Waals surface area contributed by atoms with Crippen molar-refractivity contribution in [1.29, 1.82) is 0 Å². The summed E-state index contributed by atoms with van der Waals surface area (Å²) in [6.45, 7) is 1.88. The van der Waals surface area contributed by atoms with Crippen LogP contribution >= 0.6 is 0 Å². The summed E-state index contributed by atoms with van der Waals surface area (Å²) in [4.78, 5) is 19.1. The SMILES string of the molecule is COC(=O)c1cccc2[nH]c(C(C)OC)nc12. The van der Waals surface area contributed by atoms with E-state index in [0.29, 0.717) is 16.9 Å². The number of H-pyrrole nitrogens is 1. The van der Waals surface area contributed by atoms with Crippen molar-refractivity contribution in [3.8, 4) is 0 Å². The van der Waals surface area contributed by atoms with E-state index in [1.807, 2.05) is 13.0 Å². The third-order valence-corrected chi connectivity index (χ3v) is 2.67. The van der Waals surface area contributed by atoms with Crippen molar-refractivity contribution < 1.29 is 14.3 Å². The molecule has 1 N–H and O–H groups in total. The number of methoxy groups -OCH3 is 2. The quantitative estimate of drug-likeness (QED) is 0.825.